The van der Waals surface area contributed by atoms with E-state index in [1.807, 2.05) is 54.4 Å². The van der Waals surface area contributed by atoms with Gasteiger partial charge in [-0.05, 0) is 66.4 Å². The summed E-state index contributed by atoms with van der Waals surface area (Å²) in [7, 11) is 0. The highest BCUT2D eigenvalue weighted by Crippen LogP contribution is 2.19. The van der Waals surface area contributed by atoms with Crippen molar-refractivity contribution in [3.05, 3.63) is 105 Å². The Labute approximate surface area is 199 Å². The van der Waals surface area contributed by atoms with Crippen LogP contribution < -0.4 is 0 Å². The first-order chi connectivity index (χ1) is 15.7. The van der Waals surface area contributed by atoms with Gasteiger partial charge < -0.3 is 9.47 Å². The van der Waals surface area contributed by atoms with Crippen LogP contribution >= 0.6 is 11.6 Å². The van der Waals surface area contributed by atoms with Crippen LogP contribution in [0.15, 0.2) is 72.9 Å². The van der Waals surface area contributed by atoms with Gasteiger partial charge in [-0.3, -0.25) is 14.9 Å². The van der Waals surface area contributed by atoms with Crippen LogP contribution in [0, 0.1) is 16.0 Å². The Bertz CT molecular complexity index is 1140. The SMILES string of the molecule is CC(C)C(C)N(Cc1cccn1Cc1cccc(Cl)c1)C(=O)/C=C/c1ccc([N+](=O)[O-])cc1. The molecule has 6 nitrogen and oxygen atoms in total. The average Bonchev–Trinajstić information content (AvgIpc) is 3.22. The van der Waals surface area contributed by atoms with Gasteiger partial charge in [0.1, 0.15) is 0 Å². The Kier molecular flexibility index (Phi) is 8.06. The van der Waals surface area contributed by atoms with Gasteiger partial charge in [-0.25, -0.2) is 0 Å². The maximum atomic E-state index is 13.2. The van der Waals surface area contributed by atoms with Crippen molar-refractivity contribution in [2.24, 2.45) is 5.92 Å². The Balaban J connectivity index is 1.78. The minimum atomic E-state index is -0.441. The highest BCUT2D eigenvalue weighted by Gasteiger charge is 2.22. The molecular weight excluding hydrogens is 438 g/mol. The lowest BCUT2D eigenvalue weighted by molar-refractivity contribution is -0.384. The highest BCUT2D eigenvalue weighted by atomic mass is 35.5. The topological polar surface area (TPSA) is 68.4 Å². The van der Waals surface area contributed by atoms with Gasteiger partial charge in [0.05, 0.1) is 11.5 Å². The molecule has 3 rings (SSSR count). The maximum absolute atomic E-state index is 13.2. The minimum Gasteiger partial charge on any atom is -0.345 e. The average molecular weight is 466 g/mol. The Morgan fingerprint density at radius 1 is 1.12 bits per heavy atom. The second-order valence-electron chi connectivity index (χ2n) is 8.39. The van der Waals surface area contributed by atoms with Gasteiger partial charge in [0, 0.05) is 47.7 Å². The van der Waals surface area contributed by atoms with Gasteiger partial charge in [0.2, 0.25) is 5.91 Å². The molecule has 0 N–H and O–H groups in total. The smallest absolute Gasteiger partial charge is 0.269 e. The molecule has 0 saturated carbocycles. The van der Waals surface area contributed by atoms with E-state index in [0.29, 0.717) is 18.1 Å². The molecule has 1 amide bonds. The monoisotopic (exact) mass is 465 g/mol. The third-order valence-corrected chi connectivity index (χ3v) is 5.99. The third-order valence-electron chi connectivity index (χ3n) is 5.76. The lowest BCUT2D eigenvalue weighted by Crippen LogP contribution is -2.40. The number of nitrogens with zero attached hydrogens (tertiary/aromatic N) is 3. The molecule has 0 fully saturated rings. The number of halogens is 1. The molecule has 0 bridgehead atoms. The molecule has 1 atom stereocenters. The molecule has 1 unspecified atom stereocenters. The van der Waals surface area contributed by atoms with E-state index < -0.39 is 4.92 Å². The second-order valence-corrected chi connectivity index (χ2v) is 8.83. The standard InChI is InChI=1S/C26H28ClN3O3/c1-19(2)20(3)29(26(31)14-11-21-9-12-24(13-10-21)30(32)33)18-25-8-5-15-28(25)17-22-6-4-7-23(27)16-22/h4-16,19-20H,17-18H2,1-3H3/b14-11+. The van der Waals surface area contributed by atoms with E-state index in [4.69, 9.17) is 11.6 Å². The fraction of sp³-hybridized carbons (Fsp3) is 0.269. The van der Waals surface area contributed by atoms with Crippen LogP contribution in [-0.4, -0.2) is 26.3 Å². The van der Waals surface area contributed by atoms with Crippen LogP contribution in [0.5, 0.6) is 0 Å². The Hall–Kier alpha value is -3.38. The number of aromatic nitrogens is 1. The van der Waals surface area contributed by atoms with Crippen LogP contribution in [0.3, 0.4) is 0 Å². The van der Waals surface area contributed by atoms with E-state index in [1.165, 1.54) is 18.2 Å². The van der Waals surface area contributed by atoms with Crippen LogP contribution in [-0.2, 0) is 17.9 Å². The van der Waals surface area contributed by atoms with Gasteiger partial charge in [-0.1, -0.05) is 37.6 Å². The van der Waals surface area contributed by atoms with Crippen molar-refractivity contribution < 1.29 is 9.72 Å². The van der Waals surface area contributed by atoms with Crippen LogP contribution in [0.1, 0.15) is 37.6 Å². The van der Waals surface area contributed by atoms with Crippen molar-refractivity contribution in [3.8, 4) is 0 Å². The normalized spacial score (nSPS) is 12.3. The molecule has 0 radical (unpaired) electrons. The summed E-state index contributed by atoms with van der Waals surface area (Å²) < 4.78 is 2.12. The summed E-state index contributed by atoms with van der Waals surface area (Å²) in [6.45, 7) is 7.37. The molecular formula is C26H28ClN3O3. The van der Waals surface area contributed by atoms with Crippen molar-refractivity contribution in [3.63, 3.8) is 0 Å². The quantitative estimate of drug-likeness (QED) is 0.215. The zero-order valence-electron chi connectivity index (χ0n) is 19.0. The Morgan fingerprint density at radius 2 is 1.85 bits per heavy atom. The number of nitro groups is 1. The minimum absolute atomic E-state index is 0.0218. The molecule has 0 aliphatic heterocycles. The number of non-ortho nitro benzene ring substituents is 1. The van der Waals surface area contributed by atoms with Gasteiger partial charge in [0.25, 0.3) is 5.69 Å². The van der Waals surface area contributed by atoms with Crippen molar-refractivity contribution in [1.29, 1.82) is 0 Å². The summed E-state index contributed by atoms with van der Waals surface area (Å²) in [6.07, 6.45) is 5.23. The molecule has 172 valence electrons. The third kappa shape index (κ3) is 6.56. The van der Waals surface area contributed by atoms with Crippen molar-refractivity contribution in [1.82, 2.24) is 9.47 Å². The molecule has 1 aromatic heterocycles. The number of hydrogen-bond acceptors (Lipinski definition) is 3. The number of rotatable bonds is 9. The molecule has 33 heavy (non-hydrogen) atoms. The van der Waals surface area contributed by atoms with Crippen LogP contribution in [0.4, 0.5) is 5.69 Å². The van der Waals surface area contributed by atoms with Gasteiger partial charge in [0.15, 0.2) is 0 Å². The van der Waals surface area contributed by atoms with Crippen molar-refractivity contribution >= 4 is 29.3 Å². The van der Waals surface area contributed by atoms with E-state index in [9.17, 15) is 14.9 Å². The number of carbonyl (C=O) groups excluding carboxylic acids is 1. The van der Waals surface area contributed by atoms with E-state index in [1.54, 1.807) is 18.2 Å². The van der Waals surface area contributed by atoms with Crippen LogP contribution in [0.2, 0.25) is 5.02 Å². The maximum Gasteiger partial charge on any atom is 0.269 e. The van der Waals surface area contributed by atoms with Crippen molar-refractivity contribution in [2.75, 3.05) is 0 Å². The first kappa shape index (κ1) is 24.3. The largest absolute Gasteiger partial charge is 0.345 e. The second kappa shape index (κ2) is 11.0. The Morgan fingerprint density at radius 3 is 2.48 bits per heavy atom. The first-order valence-corrected chi connectivity index (χ1v) is 11.2. The molecule has 0 aliphatic rings. The number of hydrogen-bond donors (Lipinski definition) is 0. The number of benzene rings is 2. The predicted molar refractivity (Wildman–Crippen MR) is 132 cm³/mol. The van der Waals surface area contributed by atoms with E-state index >= 15 is 0 Å². The summed E-state index contributed by atoms with van der Waals surface area (Å²) in [5.41, 5.74) is 2.87. The van der Waals surface area contributed by atoms with Gasteiger partial charge in [-0.2, -0.15) is 0 Å². The van der Waals surface area contributed by atoms with Gasteiger partial charge in [-0.15, -0.1) is 0 Å². The van der Waals surface area contributed by atoms with E-state index in [2.05, 4.69) is 18.4 Å². The summed E-state index contributed by atoms with van der Waals surface area (Å²) >= 11 is 6.13. The molecule has 3 aromatic rings. The highest BCUT2D eigenvalue weighted by molar-refractivity contribution is 6.30. The molecule has 0 aliphatic carbocycles. The summed E-state index contributed by atoms with van der Waals surface area (Å²) in [6, 6.07) is 17.9. The number of carbonyl (C=O) groups is 1. The molecule has 1 heterocycles. The molecule has 0 spiro atoms. The zero-order chi connectivity index (χ0) is 24.0. The number of amides is 1. The number of nitro benzene ring substituents is 1. The predicted octanol–water partition coefficient (Wildman–Crippen LogP) is 6.18. The fourth-order valence-corrected chi connectivity index (χ4v) is 3.72. The van der Waals surface area contributed by atoms with E-state index in [0.717, 1.165) is 16.8 Å². The first-order valence-electron chi connectivity index (χ1n) is 10.9. The summed E-state index contributed by atoms with van der Waals surface area (Å²) in [5, 5.41) is 11.5. The van der Waals surface area contributed by atoms with Crippen molar-refractivity contribution in [2.45, 2.75) is 39.9 Å². The molecule has 7 heteroatoms. The molecule has 0 saturated heterocycles. The lowest BCUT2D eigenvalue weighted by Gasteiger charge is -2.31. The van der Waals surface area contributed by atoms with E-state index in [-0.39, 0.29) is 23.6 Å². The van der Waals surface area contributed by atoms with Crippen LogP contribution in [0.25, 0.3) is 6.08 Å². The summed E-state index contributed by atoms with van der Waals surface area (Å²) in [5.74, 6) is 0.170. The summed E-state index contributed by atoms with van der Waals surface area (Å²) in [4.78, 5) is 25.4. The lowest BCUT2D eigenvalue weighted by atomic mass is 10.0. The fourth-order valence-electron chi connectivity index (χ4n) is 3.51. The zero-order valence-corrected chi connectivity index (χ0v) is 19.8. The molecule has 2 aromatic carbocycles. The van der Waals surface area contributed by atoms with Gasteiger partial charge >= 0.3 is 0 Å².